The Labute approximate surface area is 247 Å². The second kappa shape index (κ2) is 20.0. The van der Waals surface area contributed by atoms with Gasteiger partial charge in [0.2, 0.25) is 0 Å². The van der Waals surface area contributed by atoms with Crippen LogP contribution in [-0.2, 0) is 38.0 Å². The van der Waals surface area contributed by atoms with Gasteiger partial charge in [-0.25, -0.2) is 4.79 Å². The lowest BCUT2D eigenvalue weighted by atomic mass is 9.98. The molecule has 42 heavy (non-hydrogen) atoms. The van der Waals surface area contributed by atoms with Crippen molar-refractivity contribution in [1.82, 2.24) is 4.90 Å². The molecule has 0 aromatic heterocycles. The first-order valence-corrected chi connectivity index (χ1v) is 14.3. The molecule has 11 heteroatoms. The molecule has 0 saturated carbocycles. The summed E-state index contributed by atoms with van der Waals surface area (Å²) in [5.74, 6) is -0.840. The van der Waals surface area contributed by atoms with Crippen LogP contribution in [0.15, 0.2) is 48.5 Å². The fourth-order valence-electron chi connectivity index (χ4n) is 4.36. The summed E-state index contributed by atoms with van der Waals surface area (Å²) in [6.45, 7) is 5.62. The van der Waals surface area contributed by atoms with Crippen molar-refractivity contribution in [3.63, 3.8) is 0 Å². The Balaban J connectivity index is 1.10. The molecule has 1 aliphatic carbocycles. The van der Waals surface area contributed by atoms with Crippen LogP contribution < -0.4 is 0 Å². The Morgan fingerprint density at radius 3 is 1.50 bits per heavy atom. The Hall–Kier alpha value is -3.06. The van der Waals surface area contributed by atoms with Crippen molar-refractivity contribution in [2.24, 2.45) is 0 Å². The smallest absolute Gasteiger partial charge is 0.409 e. The first-order valence-electron chi connectivity index (χ1n) is 14.3. The molecule has 0 bridgehead atoms. The van der Waals surface area contributed by atoms with Crippen molar-refractivity contribution >= 4 is 12.1 Å². The lowest BCUT2D eigenvalue weighted by Crippen LogP contribution is -2.32. The van der Waals surface area contributed by atoms with Crippen LogP contribution in [-0.4, -0.2) is 122 Å². The number of carbonyl (C=O) groups excluding carboxylic acids is 1. The lowest BCUT2D eigenvalue weighted by molar-refractivity contribution is -0.138. The van der Waals surface area contributed by atoms with Crippen LogP contribution in [0.1, 0.15) is 23.5 Å². The maximum Gasteiger partial charge on any atom is 0.409 e. The van der Waals surface area contributed by atoms with Gasteiger partial charge in [-0.1, -0.05) is 48.5 Å². The highest BCUT2D eigenvalue weighted by Gasteiger charge is 2.29. The van der Waals surface area contributed by atoms with E-state index in [2.05, 4.69) is 24.3 Å². The molecule has 0 spiro atoms. The zero-order valence-corrected chi connectivity index (χ0v) is 24.4. The average molecular weight is 590 g/mol. The summed E-state index contributed by atoms with van der Waals surface area (Å²) in [7, 11) is 1.70. The third kappa shape index (κ3) is 12.0. The Morgan fingerprint density at radius 1 is 0.643 bits per heavy atom. The maximum absolute atomic E-state index is 12.5. The van der Waals surface area contributed by atoms with Crippen molar-refractivity contribution in [3.8, 4) is 11.1 Å². The van der Waals surface area contributed by atoms with E-state index in [1.165, 1.54) is 27.2 Å². The topological polar surface area (TPSA) is 122 Å². The van der Waals surface area contributed by atoms with Crippen LogP contribution in [0.25, 0.3) is 11.1 Å². The molecule has 0 saturated heterocycles. The van der Waals surface area contributed by atoms with Gasteiger partial charge in [0.15, 0.2) is 0 Å². The predicted octanol–water partition coefficient (Wildman–Crippen LogP) is 3.44. The largest absolute Gasteiger partial charge is 0.481 e. The van der Waals surface area contributed by atoms with Gasteiger partial charge in [0.1, 0.15) is 6.61 Å². The third-order valence-corrected chi connectivity index (χ3v) is 6.54. The van der Waals surface area contributed by atoms with Crippen molar-refractivity contribution in [3.05, 3.63) is 59.7 Å². The standard InChI is InChI=1S/C31H43NO10/c1-32(31(35)42-24-29-27-8-4-2-6-25(27)26-7-3-5-9-28(26)29)11-13-37-15-17-39-19-21-41-23-22-40-20-18-38-16-14-36-12-10-30(33)34/h2-9,29H,10-24H2,1H3,(H,33,34). The summed E-state index contributed by atoms with van der Waals surface area (Å²) in [6.07, 6.45) is -0.377. The normalized spacial score (nSPS) is 12.2. The molecular weight excluding hydrogens is 546 g/mol. The second-order valence-corrected chi connectivity index (χ2v) is 9.54. The zero-order chi connectivity index (χ0) is 29.8. The fraction of sp³-hybridized carbons (Fsp3) is 0.548. The van der Waals surface area contributed by atoms with Crippen LogP contribution in [0, 0.1) is 0 Å². The van der Waals surface area contributed by atoms with Crippen LogP contribution in [0.3, 0.4) is 0 Å². The number of fused-ring (bicyclic) bond motifs is 3. The highest BCUT2D eigenvalue weighted by atomic mass is 16.6. The van der Waals surface area contributed by atoms with E-state index < -0.39 is 5.97 Å². The van der Waals surface area contributed by atoms with Gasteiger partial charge < -0.3 is 43.2 Å². The minimum absolute atomic E-state index is 0.00668. The molecular formula is C31H43NO10. The zero-order valence-electron chi connectivity index (χ0n) is 24.4. The molecule has 0 aliphatic heterocycles. The van der Waals surface area contributed by atoms with Gasteiger partial charge in [0.05, 0.1) is 85.7 Å². The number of benzene rings is 2. The van der Waals surface area contributed by atoms with Gasteiger partial charge in [-0.3, -0.25) is 4.79 Å². The summed E-state index contributed by atoms with van der Waals surface area (Å²) in [4.78, 5) is 24.4. The highest BCUT2D eigenvalue weighted by Crippen LogP contribution is 2.44. The number of hydrogen-bond acceptors (Lipinski definition) is 9. The molecule has 1 N–H and O–H groups in total. The monoisotopic (exact) mass is 589 g/mol. The Bertz CT molecular complexity index is 1020. The Kier molecular flexibility index (Phi) is 15.9. The predicted molar refractivity (Wildman–Crippen MR) is 155 cm³/mol. The van der Waals surface area contributed by atoms with E-state index in [1.807, 2.05) is 24.3 Å². The van der Waals surface area contributed by atoms with Crippen LogP contribution in [0.2, 0.25) is 0 Å². The fourth-order valence-corrected chi connectivity index (χ4v) is 4.36. The van der Waals surface area contributed by atoms with Crippen molar-refractivity contribution in [2.45, 2.75) is 12.3 Å². The van der Waals surface area contributed by atoms with Gasteiger partial charge in [0.25, 0.3) is 0 Å². The molecule has 232 valence electrons. The highest BCUT2D eigenvalue weighted by molar-refractivity contribution is 5.79. The first kappa shape index (κ1) is 33.4. The molecule has 0 radical (unpaired) electrons. The average Bonchev–Trinajstić information content (AvgIpc) is 3.32. The number of nitrogens with zero attached hydrogens (tertiary/aromatic N) is 1. The number of carboxylic acid groups (broad SMARTS) is 1. The van der Waals surface area contributed by atoms with Crippen LogP contribution in [0.5, 0.6) is 0 Å². The molecule has 11 nitrogen and oxygen atoms in total. The van der Waals surface area contributed by atoms with E-state index in [0.717, 1.165) is 0 Å². The lowest BCUT2D eigenvalue weighted by Gasteiger charge is -2.19. The van der Waals surface area contributed by atoms with E-state index in [4.69, 9.17) is 38.3 Å². The number of hydrogen-bond donors (Lipinski definition) is 1. The molecule has 0 unspecified atom stereocenters. The number of aliphatic carboxylic acids is 1. The summed E-state index contributed by atoms with van der Waals surface area (Å²) in [5.41, 5.74) is 4.78. The summed E-state index contributed by atoms with van der Waals surface area (Å²) in [6, 6.07) is 16.5. The molecule has 0 heterocycles. The van der Waals surface area contributed by atoms with Crippen molar-refractivity contribution in [2.75, 3.05) is 99.5 Å². The first-order chi connectivity index (χ1) is 20.6. The van der Waals surface area contributed by atoms with Crippen LogP contribution >= 0.6 is 0 Å². The van der Waals surface area contributed by atoms with E-state index in [1.54, 1.807) is 7.05 Å². The van der Waals surface area contributed by atoms with Gasteiger partial charge in [-0.05, 0) is 22.3 Å². The number of rotatable bonds is 23. The molecule has 1 amide bonds. The molecule has 2 aromatic carbocycles. The number of likely N-dealkylation sites (N-methyl/N-ethyl adjacent to an activating group) is 1. The van der Waals surface area contributed by atoms with E-state index in [-0.39, 0.29) is 25.0 Å². The summed E-state index contributed by atoms with van der Waals surface area (Å²) < 4.78 is 38.0. The third-order valence-electron chi connectivity index (χ3n) is 6.54. The second-order valence-electron chi connectivity index (χ2n) is 9.54. The summed E-state index contributed by atoms with van der Waals surface area (Å²) >= 11 is 0. The number of ether oxygens (including phenoxy) is 7. The quantitative estimate of drug-likeness (QED) is 0.193. The van der Waals surface area contributed by atoms with Crippen molar-refractivity contribution < 1.29 is 47.9 Å². The molecule has 2 aromatic rings. The number of carbonyl (C=O) groups is 2. The maximum atomic E-state index is 12.5. The Morgan fingerprint density at radius 2 is 1.05 bits per heavy atom. The molecule has 0 atom stereocenters. The van der Waals surface area contributed by atoms with Gasteiger partial charge in [-0.2, -0.15) is 0 Å². The van der Waals surface area contributed by atoms with E-state index in [0.29, 0.717) is 85.8 Å². The minimum atomic E-state index is -0.877. The number of amides is 1. The van der Waals surface area contributed by atoms with Crippen molar-refractivity contribution in [1.29, 1.82) is 0 Å². The van der Waals surface area contributed by atoms with Gasteiger partial charge in [0, 0.05) is 19.5 Å². The molecule has 3 rings (SSSR count). The van der Waals surface area contributed by atoms with Gasteiger partial charge in [-0.15, -0.1) is 0 Å². The van der Waals surface area contributed by atoms with E-state index >= 15 is 0 Å². The molecule has 1 aliphatic rings. The minimum Gasteiger partial charge on any atom is -0.481 e. The van der Waals surface area contributed by atoms with Gasteiger partial charge >= 0.3 is 12.1 Å². The number of carboxylic acids is 1. The summed E-state index contributed by atoms with van der Waals surface area (Å²) in [5, 5.41) is 8.49. The molecule has 0 fully saturated rings. The van der Waals surface area contributed by atoms with E-state index in [9.17, 15) is 9.59 Å². The van der Waals surface area contributed by atoms with Crippen LogP contribution in [0.4, 0.5) is 4.79 Å². The SMILES string of the molecule is CN(CCOCCOCCOCCOCCOCCOCCC(=O)O)C(=O)OCC1c2ccccc2-c2ccccc21.